The molecule has 0 bridgehead atoms. The molecule has 112 valence electrons. The van der Waals surface area contributed by atoms with Crippen LogP contribution in [0.25, 0.3) is 0 Å². The average Bonchev–Trinajstić information content (AvgIpc) is 3.00. The van der Waals surface area contributed by atoms with Crippen molar-refractivity contribution in [3.63, 3.8) is 0 Å². The van der Waals surface area contributed by atoms with Gasteiger partial charge in [-0.15, -0.1) is 0 Å². The summed E-state index contributed by atoms with van der Waals surface area (Å²) in [5, 5.41) is 3.35. The Kier molecular flexibility index (Phi) is 5.00. The molecule has 5 heteroatoms. The number of methoxy groups -OCH3 is 2. The first-order valence-corrected chi connectivity index (χ1v) is 6.67. The number of ether oxygens (including phenoxy) is 2. The highest BCUT2D eigenvalue weighted by molar-refractivity contribution is 5.87. The maximum absolute atomic E-state index is 11.5. The van der Waals surface area contributed by atoms with Gasteiger partial charge in [0.15, 0.2) is 0 Å². The highest BCUT2D eigenvalue weighted by Gasteiger charge is 2.16. The molecular formula is C16H19NO4. The summed E-state index contributed by atoms with van der Waals surface area (Å²) in [6.45, 7) is 2.56. The predicted molar refractivity (Wildman–Crippen MR) is 78.3 cm³/mol. The van der Waals surface area contributed by atoms with Gasteiger partial charge in [-0.2, -0.15) is 0 Å². The molecule has 0 amide bonds. The van der Waals surface area contributed by atoms with Crippen LogP contribution in [0.4, 0.5) is 0 Å². The number of hydrogen-bond acceptors (Lipinski definition) is 5. The van der Waals surface area contributed by atoms with Gasteiger partial charge in [-0.25, -0.2) is 4.79 Å². The smallest absolute Gasteiger partial charge is 0.374 e. The molecule has 0 spiro atoms. The molecule has 0 saturated heterocycles. The number of nitrogens with one attached hydrogen (secondary N) is 1. The summed E-state index contributed by atoms with van der Waals surface area (Å²) in [4.78, 5) is 11.5. The van der Waals surface area contributed by atoms with Crippen LogP contribution in [0.15, 0.2) is 41.0 Å². The number of rotatable bonds is 6. The van der Waals surface area contributed by atoms with Crippen LogP contribution in [0.5, 0.6) is 5.75 Å². The van der Waals surface area contributed by atoms with E-state index < -0.39 is 5.97 Å². The normalized spacial score (nSPS) is 12.0. The van der Waals surface area contributed by atoms with E-state index in [0.29, 0.717) is 6.54 Å². The molecule has 0 aliphatic heterocycles. The third-order valence-corrected chi connectivity index (χ3v) is 3.31. The molecular weight excluding hydrogens is 270 g/mol. The third-order valence-electron chi connectivity index (χ3n) is 3.31. The maximum Gasteiger partial charge on any atom is 0.374 e. The summed E-state index contributed by atoms with van der Waals surface area (Å²) < 4.78 is 15.1. The summed E-state index contributed by atoms with van der Waals surface area (Å²) in [6.07, 6.45) is 1.49. The Labute approximate surface area is 123 Å². The van der Waals surface area contributed by atoms with Crippen molar-refractivity contribution in [3.05, 3.63) is 53.5 Å². The number of esters is 1. The lowest BCUT2D eigenvalue weighted by Crippen LogP contribution is -2.19. The van der Waals surface area contributed by atoms with Crippen molar-refractivity contribution < 1.29 is 18.7 Å². The fourth-order valence-corrected chi connectivity index (χ4v) is 2.04. The SMILES string of the molecule is COC(=O)c1occc1CN[C@@H](C)c1cccc(OC)c1. The minimum atomic E-state index is -0.467. The van der Waals surface area contributed by atoms with Crippen molar-refractivity contribution in [1.82, 2.24) is 5.32 Å². The zero-order valence-corrected chi connectivity index (χ0v) is 12.4. The van der Waals surface area contributed by atoms with Crippen LogP contribution in [-0.2, 0) is 11.3 Å². The van der Waals surface area contributed by atoms with Crippen LogP contribution in [0.1, 0.15) is 34.6 Å². The van der Waals surface area contributed by atoms with Gasteiger partial charge in [-0.05, 0) is 30.7 Å². The van der Waals surface area contributed by atoms with E-state index in [2.05, 4.69) is 10.1 Å². The standard InChI is InChI=1S/C16H19NO4/c1-11(12-5-4-6-14(9-12)19-2)17-10-13-7-8-21-15(13)16(18)20-3/h4-9,11,17H,10H2,1-3H3/t11-/m0/s1. The van der Waals surface area contributed by atoms with Crippen LogP contribution in [0.2, 0.25) is 0 Å². The van der Waals surface area contributed by atoms with Crippen molar-refractivity contribution in [2.45, 2.75) is 19.5 Å². The zero-order valence-electron chi connectivity index (χ0n) is 12.4. The Morgan fingerprint density at radius 1 is 1.33 bits per heavy atom. The van der Waals surface area contributed by atoms with E-state index in [1.165, 1.54) is 13.4 Å². The molecule has 0 aliphatic carbocycles. The summed E-state index contributed by atoms with van der Waals surface area (Å²) in [6, 6.07) is 9.73. The van der Waals surface area contributed by atoms with Gasteiger partial charge < -0.3 is 19.2 Å². The van der Waals surface area contributed by atoms with Crippen LogP contribution in [0.3, 0.4) is 0 Å². The van der Waals surface area contributed by atoms with E-state index in [4.69, 9.17) is 9.15 Å². The summed E-state index contributed by atoms with van der Waals surface area (Å²) in [7, 11) is 2.98. The lowest BCUT2D eigenvalue weighted by atomic mass is 10.1. The van der Waals surface area contributed by atoms with E-state index in [9.17, 15) is 4.79 Å². The number of hydrogen-bond donors (Lipinski definition) is 1. The van der Waals surface area contributed by atoms with E-state index in [0.717, 1.165) is 16.9 Å². The molecule has 5 nitrogen and oxygen atoms in total. The van der Waals surface area contributed by atoms with Crippen LogP contribution < -0.4 is 10.1 Å². The molecule has 1 aromatic carbocycles. The average molecular weight is 289 g/mol. The predicted octanol–water partition coefficient (Wildman–Crippen LogP) is 2.93. The number of furan rings is 1. The molecule has 1 aromatic heterocycles. The first kappa shape index (κ1) is 15.1. The van der Waals surface area contributed by atoms with Gasteiger partial charge in [0.2, 0.25) is 5.76 Å². The largest absolute Gasteiger partial charge is 0.497 e. The Hall–Kier alpha value is -2.27. The maximum atomic E-state index is 11.5. The van der Waals surface area contributed by atoms with E-state index in [-0.39, 0.29) is 11.8 Å². The topological polar surface area (TPSA) is 60.7 Å². The van der Waals surface area contributed by atoms with Crippen molar-refractivity contribution in [2.24, 2.45) is 0 Å². The van der Waals surface area contributed by atoms with Crippen molar-refractivity contribution in [3.8, 4) is 5.75 Å². The second-order valence-corrected chi connectivity index (χ2v) is 4.65. The second kappa shape index (κ2) is 6.95. The Bertz CT molecular complexity index is 606. The van der Waals surface area contributed by atoms with Crippen molar-refractivity contribution in [2.75, 3.05) is 14.2 Å². The molecule has 21 heavy (non-hydrogen) atoms. The highest BCUT2D eigenvalue weighted by atomic mass is 16.5. The molecule has 1 atom stereocenters. The quantitative estimate of drug-likeness (QED) is 0.828. The van der Waals surface area contributed by atoms with Gasteiger partial charge in [0.1, 0.15) is 5.75 Å². The van der Waals surface area contributed by atoms with Crippen molar-refractivity contribution in [1.29, 1.82) is 0 Å². The molecule has 1 N–H and O–H groups in total. The summed E-state index contributed by atoms with van der Waals surface area (Å²) in [5.74, 6) is 0.591. The highest BCUT2D eigenvalue weighted by Crippen LogP contribution is 2.20. The number of carbonyl (C=O) groups is 1. The molecule has 1 heterocycles. The molecule has 2 aromatic rings. The lowest BCUT2D eigenvalue weighted by molar-refractivity contribution is 0.0563. The number of carbonyl (C=O) groups excluding carboxylic acids is 1. The van der Waals surface area contributed by atoms with E-state index >= 15 is 0 Å². The van der Waals surface area contributed by atoms with Gasteiger partial charge in [0.25, 0.3) is 0 Å². The Morgan fingerprint density at radius 2 is 2.14 bits per heavy atom. The van der Waals surface area contributed by atoms with Crippen LogP contribution in [0, 0.1) is 0 Å². The van der Waals surface area contributed by atoms with Gasteiger partial charge in [-0.1, -0.05) is 12.1 Å². The molecule has 2 rings (SSSR count). The molecule has 0 fully saturated rings. The molecule has 0 unspecified atom stereocenters. The fourth-order valence-electron chi connectivity index (χ4n) is 2.04. The second-order valence-electron chi connectivity index (χ2n) is 4.65. The Morgan fingerprint density at radius 3 is 2.86 bits per heavy atom. The third kappa shape index (κ3) is 3.64. The van der Waals surface area contributed by atoms with Crippen molar-refractivity contribution >= 4 is 5.97 Å². The minimum absolute atomic E-state index is 0.112. The first-order chi connectivity index (χ1) is 10.2. The summed E-state index contributed by atoms with van der Waals surface area (Å²) in [5.41, 5.74) is 1.88. The first-order valence-electron chi connectivity index (χ1n) is 6.67. The minimum Gasteiger partial charge on any atom is -0.497 e. The van der Waals surface area contributed by atoms with E-state index in [1.807, 2.05) is 31.2 Å². The van der Waals surface area contributed by atoms with E-state index in [1.54, 1.807) is 13.2 Å². The zero-order chi connectivity index (χ0) is 15.2. The molecule has 0 radical (unpaired) electrons. The summed E-state index contributed by atoms with van der Waals surface area (Å²) >= 11 is 0. The van der Waals surface area contributed by atoms with Gasteiger partial charge in [-0.3, -0.25) is 0 Å². The van der Waals surface area contributed by atoms with Gasteiger partial charge in [0, 0.05) is 18.2 Å². The van der Waals surface area contributed by atoms with Gasteiger partial charge in [0.05, 0.1) is 20.5 Å². The monoisotopic (exact) mass is 289 g/mol. The Balaban J connectivity index is 2.02. The molecule has 0 saturated carbocycles. The lowest BCUT2D eigenvalue weighted by Gasteiger charge is -2.15. The number of benzene rings is 1. The molecule has 0 aliphatic rings. The fraction of sp³-hybridized carbons (Fsp3) is 0.312. The van der Waals surface area contributed by atoms with Crippen LogP contribution >= 0.6 is 0 Å². The van der Waals surface area contributed by atoms with Crippen LogP contribution in [-0.4, -0.2) is 20.2 Å². The van der Waals surface area contributed by atoms with Gasteiger partial charge >= 0.3 is 5.97 Å².